The molecule has 0 aliphatic carbocycles. The number of rotatable bonds is 16. The van der Waals surface area contributed by atoms with Gasteiger partial charge < -0.3 is 16.4 Å². The lowest BCUT2D eigenvalue weighted by molar-refractivity contribution is -0.122. The molecule has 0 fully saturated rings. The molecule has 0 bridgehead atoms. The molecule has 2 amide bonds. The molecule has 0 saturated heterocycles. The van der Waals surface area contributed by atoms with Crippen molar-refractivity contribution >= 4 is 17.6 Å². The molecule has 32 heavy (non-hydrogen) atoms. The van der Waals surface area contributed by atoms with E-state index in [0.717, 1.165) is 19.3 Å². The Hall–Kier alpha value is -1.43. The SMILES string of the molecule is CC.CC.CCCC(=O)NCCC(=O)NCCCCC(N)C(C)=O.CCCCCCCC. The van der Waals surface area contributed by atoms with E-state index in [4.69, 9.17) is 5.73 Å². The average Bonchev–Trinajstić information content (AvgIpc) is 2.79. The standard InChI is InChI=1S/C14H27N3O3.C8H18.2C2H6/c1-3-6-13(19)17-10-8-14(20)16-9-5-4-7-12(15)11(2)18;1-3-5-7-8-6-4-2;2*1-2/h12H,3-10,15H2,1-2H3,(H,16,20)(H,17,19);3-8H2,1-2H3;2*1-2H3. The molecule has 0 aliphatic heterocycles. The van der Waals surface area contributed by atoms with Crippen molar-refractivity contribution in [2.24, 2.45) is 5.73 Å². The summed E-state index contributed by atoms with van der Waals surface area (Å²) in [6.07, 6.45) is 12.4. The number of nitrogens with two attached hydrogens (primary N) is 1. The largest absolute Gasteiger partial charge is 0.356 e. The number of Topliss-reactive ketones (excluding diaryl/α,β-unsaturated/α-hetero) is 1. The van der Waals surface area contributed by atoms with Gasteiger partial charge in [-0.15, -0.1) is 0 Å². The average molecular weight is 460 g/mol. The molecule has 6 heteroatoms. The molecule has 0 aromatic rings. The van der Waals surface area contributed by atoms with Gasteiger partial charge in [0, 0.05) is 25.9 Å². The third-order valence-corrected chi connectivity index (χ3v) is 4.39. The van der Waals surface area contributed by atoms with Gasteiger partial charge in [-0.3, -0.25) is 14.4 Å². The Bertz CT molecular complexity index is 396. The van der Waals surface area contributed by atoms with Crippen LogP contribution in [0, 0.1) is 0 Å². The van der Waals surface area contributed by atoms with Gasteiger partial charge in [0.15, 0.2) is 0 Å². The van der Waals surface area contributed by atoms with E-state index in [1.807, 2.05) is 34.6 Å². The van der Waals surface area contributed by atoms with Crippen LogP contribution in [0.3, 0.4) is 0 Å². The molecular formula is C26H57N3O3. The summed E-state index contributed by atoms with van der Waals surface area (Å²) in [5.74, 6) is -0.0898. The molecule has 6 nitrogen and oxygen atoms in total. The minimum absolute atomic E-state index is 0.00291. The summed E-state index contributed by atoms with van der Waals surface area (Å²) in [6, 6.07) is -0.389. The topological polar surface area (TPSA) is 101 Å². The van der Waals surface area contributed by atoms with Crippen LogP contribution in [-0.2, 0) is 14.4 Å². The lowest BCUT2D eigenvalue weighted by Gasteiger charge is -2.08. The first-order chi connectivity index (χ1) is 15.4. The Balaban J connectivity index is -0.000000272. The van der Waals surface area contributed by atoms with Crippen LogP contribution in [0.1, 0.15) is 132 Å². The second-order valence-corrected chi connectivity index (χ2v) is 7.33. The molecule has 1 atom stereocenters. The Morgan fingerprint density at radius 1 is 0.656 bits per heavy atom. The summed E-state index contributed by atoms with van der Waals surface area (Å²) in [7, 11) is 0. The minimum atomic E-state index is -0.389. The van der Waals surface area contributed by atoms with Crippen molar-refractivity contribution in [2.45, 2.75) is 138 Å². The van der Waals surface area contributed by atoms with Crippen molar-refractivity contribution in [3.63, 3.8) is 0 Å². The van der Waals surface area contributed by atoms with E-state index in [9.17, 15) is 14.4 Å². The molecule has 4 N–H and O–H groups in total. The quantitative estimate of drug-likeness (QED) is 0.249. The van der Waals surface area contributed by atoms with E-state index in [1.165, 1.54) is 45.4 Å². The van der Waals surface area contributed by atoms with Crippen LogP contribution in [-0.4, -0.2) is 36.7 Å². The van der Waals surface area contributed by atoms with Crippen molar-refractivity contribution in [3.8, 4) is 0 Å². The maximum Gasteiger partial charge on any atom is 0.221 e. The van der Waals surface area contributed by atoms with E-state index in [2.05, 4.69) is 24.5 Å². The van der Waals surface area contributed by atoms with Crippen LogP contribution < -0.4 is 16.4 Å². The monoisotopic (exact) mass is 459 g/mol. The van der Waals surface area contributed by atoms with Gasteiger partial charge in [-0.2, -0.15) is 0 Å². The summed E-state index contributed by atoms with van der Waals surface area (Å²) < 4.78 is 0. The van der Waals surface area contributed by atoms with E-state index in [-0.39, 0.29) is 23.6 Å². The molecule has 1 unspecified atom stereocenters. The van der Waals surface area contributed by atoms with E-state index in [1.54, 1.807) is 0 Å². The number of nitrogens with one attached hydrogen (secondary N) is 2. The third kappa shape index (κ3) is 36.0. The number of ketones is 1. The van der Waals surface area contributed by atoms with Crippen LogP contribution >= 0.6 is 0 Å². The van der Waals surface area contributed by atoms with E-state index >= 15 is 0 Å². The summed E-state index contributed by atoms with van der Waals surface area (Å²) in [4.78, 5) is 33.5. The number of unbranched alkanes of at least 4 members (excludes halogenated alkanes) is 6. The maximum atomic E-state index is 11.4. The number of carbonyl (C=O) groups is 3. The molecule has 0 aromatic carbocycles. The summed E-state index contributed by atoms with van der Waals surface area (Å²) in [5.41, 5.74) is 5.60. The van der Waals surface area contributed by atoms with Crippen LogP contribution in [0.25, 0.3) is 0 Å². The predicted molar refractivity (Wildman–Crippen MR) is 140 cm³/mol. The molecule has 0 saturated carbocycles. The van der Waals surface area contributed by atoms with E-state index < -0.39 is 0 Å². The van der Waals surface area contributed by atoms with Crippen molar-refractivity contribution in [1.29, 1.82) is 0 Å². The highest BCUT2D eigenvalue weighted by atomic mass is 16.2. The first-order valence-corrected chi connectivity index (χ1v) is 13.2. The molecule has 0 heterocycles. The maximum absolute atomic E-state index is 11.4. The molecule has 0 aromatic heterocycles. The fraction of sp³-hybridized carbons (Fsp3) is 0.885. The first kappa shape index (κ1) is 37.9. The zero-order valence-electron chi connectivity index (χ0n) is 22.8. The van der Waals surface area contributed by atoms with Gasteiger partial charge in [-0.1, -0.05) is 87.0 Å². The predicted octanol–water partition coefficient (Wildman–Crippen LogP) is 5.91. The molecular weight excluding hydrogens is 402 g/mol. The van der Waals surface area contributed by atoms with Gasteiger partial charge in [-0.05, 0) is 32.6 Å². The highest BCUT2D eigenvalue weighted by Crippen LogP contribution is 2.03. The Morgan fingerprint density at radius 3 is 1.56 bits per heavy atom. The van der Waals surface area contributed by atoms with Crippen LogP contribution in [0.4, 0.5) is 0 Å². The highest BCUT2D eigenvalue weighted by Gasteiger charge is 2.07. The fourth-order valence-corrected chi connectivity index (χ4v) is 2.49. The van der Waals surface area contributed by atoms with Gasteiger partial charge in [0.25, 0.3) is 0 Å². The highest BCUT2D eigenvalue weighted by molar-refractivity contribution is 5.81. The molecule has 0 spiro atoms. The van der Waals surface area contributed by atoms with Gasteiger partial charge in [0.1, 0.15) is 5.78 Å². The molecule has 0 rings (SSSR count). The number of hydrogen-bond acceptors (Lipinski definition) is 4. The second-order valence-electron chi connectivity index (χ2n) is 7.33. The van der Waals surface area contributed by atoms with E-state index in [0.29, 0.717) is 32.4 Å². The molecule has 0 aliphatic rings. The molecule has 194 valence electrons. The van der Waals surface area contributed by atoms with Gasteiger partial charge in [-0.25, -0.2) is 0 Å². The van der Waals surface area contributed by atoms with Gasteiger partial charge in [0.05, 0.1) is 6.04 Å². The van der Waals surface area contributed by atoms with Crippen molar-refractivity contribution < 1.29 is 14.4 Å². The fourth-order valence-electron chi connectivity index (χ4n) is 2.49. The Kier molecular flexibility index (Phi) is 40.5. The van der Waals surface area contributed by atoms with Crippen molar-refractivity contribution in [2.75, 3.05) is 13.1 Å². The Labute approximate surface area is 200 Å². The van der Waals surface area contributed by atoms with Gasteiger partial charge >= 0.3 is 0 Å². The zero-order chi connectivity index (χ0) is 25.6. The van der Waals surface area contributed by atoms with Crippen LogP contribution in [0.2, 0.25) is 0 Å². The van der Waals surface area contributed by atoms with Crippen molar-refractivity contribution in [1.82, 2.24) is 10.6 Å². The second kappa shape index (κ2) is 34.2. The first-order valence-electron chi connectivity index (χ1n) is 13.2. The van der Waals surface area contributed by atoms with Crippen molar-refractivity contribution in [3.05, 3.63) is 0 Å². The minimum Gasteiger partial charge on any atom is -0.356 e. The summed E-state index contributed by atoms with van der Waals surface area (Å²) in [6.45, 7) is 16.9. The van der Waals surface area contributed by atoms with Gasteiger partial charge in [0.2, 0.25) is 11.8 Å². The van der Waals surface area contributed by atoms with Crippen LogP contribution in [0.15, 0.2) is 0 Å². The number of carbonyl (C=O) groups excluding carboxylic acids is 3. The smallest absolute Gasteiger partial charge is 0.221 e. The normalized spacial score (nSPS) is 10.2. The molecule has 0 radical (unpaired) electrons. The number of hydrogen-bond donors (Lipinski definition) is 3. The number of amides is 2. The Morgan fingerprint density at radius 2 is 1.12 bits per heavy atom. The summed E-state index contributed by atoms with van der Waals surface area (Å²) >= 11 is 0. The lowest BCUT2D eigenvalue weighted by Crippen LogP contribution is -2.31. The summed E-state index contributed by atoms with van der Waals surface area (Å²) in [5, 5.41) is 5.47. The van der Waals surface area contributed by atoms with Crippen LogP contribution in [0.5, 0.6) is 0 Å². The lowest BCUT2D eigenvalue weighted by atomic mass is 10.1. The zero-order valence-corrected chi connectivity index (χ0v) is 22.8. The third-order valence-electron chi connectivity index (χ3n) is 4.39.